The van der Waals surface area contributed by atoms with Gasteiger partial charge in [-0.1, -0.05) is 52.3 Å². The van der Waals surface area contributed by atoms with Crippen LogP contribution in [0.1, 0.15) is 11.1 Å². The van der Waals surface area contributed by atoms with Crippen molar-refractivity contribution in [2.75, 3.05) is 19.8 Å². The topological polar surface area (TPSA) is 81.2 Å². The van der Waals surface area contributed by atoms with Gasteiger partial charge in [-0.25, -0.2) is 4.98 Å². The van der Waals surface area contributed by atoms with Gasteiger partial charge in [0.2, 0.25) is 5.95 Å². The smallest absolute Gasteiger partial charge is 0.310 e. The van der Waals surface area contributed by atoms with Crippen molar-refractivity contribution < 1.29 is 8.42 Å². The summed E-state index contributed by atoms with van der Waals surface area (Å²) in [5.41, 5.74) is 9.61. The summed E-state index contributed by atoms with van der Waals surface area (Å²) in [5, 5.41) is 0. The minimum absolute atomic E-state index is 0.0649. The van der Waals surface area contributed by atoms with Gasteiger partial charge in [0.1, 0.15) is 0 Å². The third kappa shape index (κ3) is 3.08. The summed E-state index contributed by atoms with van der Waals surface area (Å²) in [6.45, 7) is 0. The molecule has 8 heteroatoms. The molecule has 0 aliphatic carbocycles. The average Bonchev–Trinajstić information content (AvgIpc) is 2.92. The Kier molecular flexibility index (Phi) is 4.68. The Morgan fingerprint density at radius 2 is 1.84 bits per heavy atom. The summed E-state index contributed by atoms with van der Waals surface area (Å²) < 4.78 is 27.4. The second kappa shape index (κ2) is 6.62. The molecule has 1 heterocycles. The number of halogens is 1. The molecule has 0 saturated carbocycles. The molecule has 2 aromatic carbocycles. The molecule has 0 saturated heterocycles. The predicted octanol–water partition coefficient (Wildman–Crippen LogP) is 3.06. The first-order valence-corrected chi connectivity index (χ1v) is 9.74. The number of aromatic nitrogens is 2. The Labute approximate surface area is 154 Å². The lowest BCUT2D eigenvalue weighted by Gasteiger charge is -2.14. The van der Waals surface area contributed by atoms with Crippen molar-refractivity contribution in [3.63, 3.8) is 0 Å². The molecular formula is C17H17BrN4O2S. The van der Waals surface area contributed by atoms with Crippen LogP contribution in [0.2, 0.25) is 0 Å². The summed E-state index contributed by atoms with van der Waals surface area (Å²) in [4.78, 5) is 5.98. The Bertz CT molecular complexity index is 1060. The van der Waals surface area contributed by atoms with Gasteiger partial charge >= 0.3 is 10.2 Å². The van der Waals surface area contributed by atoms with E-state index in [-0.39, 0.29) is 5.95 Å². The maximum absolute atomic E-state index is 12.6. The molecule has 130 valence electrons. The molecule has 6 nitrogen and oxygen atoms in total. The minimum atomic E-state index is -3.77. The lowest BCUT2D eigenvalue weighted by molar-refractivity contribution is 0.513. The molecule has 0 unspecified atom stereocenters. The van der Waals surface area contributed by atoms with E-state index in [0.29, 0.717) is 11.0 Å². The van der Waals surface area contributed by atoms with Crippen LogP contribution < -0.4 is 5.73 Å². The van der Waals surface area contributed by atoms with Crippen molar-refractivity contribution in [2.24, 2.45) is 0 Å². The summed E-state index contributed by atoms with van der Waals surface area (Å²) in [5.74, 6) is -0.0649. The van der Waals surface area contributed by atoms with Crippen LogP contribution in [0, 0.1) is 0 Å². The maximum Gasteiger partial charge on any atom is 0.310 e. The summed E-state index contributed by atoms with van der Waals surface area (Å²) in [7, 11) is -0.860. The van der Waals surface area contributed by atoms with Crippen LogP contribution in [0.4, 0.5) is 5.95 Å². The first-order valence-electron chi connectivity index (χ1n) is 7.43. The lowest BCUT2D eigenvalue weighted by Crippen LogP contribution is -2.29. The van der Waals surface area contributed by atoms with Gasteiger partial charge in [-0.2, -0.15) is 16.7 Å². The van der Waals surface area contributed by atoms with Crippen LogP contribution in [-0.2, 0) is 10.2 Å². The average molecular weight is 421 g/mol. The van der Waals surface area contributed by atoms with E-state index in [4.69, 9.17) is 5.73 Å². The van der Waals surface area contributed by atoms with Crippen molar-refractivity contribution in [3.8, 4) is 0 Å². The van der Waals surface area contributed by atoms with Gasteiger partial charge in [0.15, 0.2) is 0 Å². The minimum Gasteiger partial charge on any atom is -0.368 e. The summed E-state index contributed by atoms with van der Waals surface area (Å²) in [6.07, 6.45) is 0. The van der Waals surface area contributed by atoms with Crippen LogP contribution in [0.15, 0.2) is 53.5 Å². The predicted molar refractivity (Wildman–Crippen MR) is 105 cm³/mol. The number of hydrogen-bond donors (Lipinski definition) is 1. The van der Waals surface area contributed by atoms with Crippen molar-refractivity contribution in [1.82, 2.24) is 13.3 Å². The molecule has 0 atom stereocenters. The number of nitrogens with zero attached hydrogens (tertiary/aromatic N) is 3. The summed E-state index contributed by atoms with van der Waals surface area (Å²) in [6, 6.07) is 15.2. The highest BCUT2D eigenvalue weighted by Gasteiger charge is 2.23. The van der Waals surface area contributed by atoms with Gasteiger partial charge < -0.3 is 5.73 Å². The van der Waals surface area contributed by atoms with Crippen LogP contribution in [0.25, 0.3) is 16.6 Å². The van der Waals surface area contributed by atoms with Crippen LogP contribution in [0.5, 0.6) is 0 Å². The Morgan fingerprint density at radius 3 is 2.44 bits per heavy atom. The molecule has 0 spiro atoms. The fourth-order valence-corrected chi connectivity index (χ4v) is 4.08. The normalized spacial score (nSPS) is 12.9. The van der Waals surface area contributed by atoms with E-state index in [1.54, 1.807) is 12.1 Å². The number of imidazole rings is 1. The fraction of sp³-hybridized carbons (Fsp3) is 0.118. The Morgan fingerprint density at radius 1 is 1.16 bits per heavy atom. The highest BCUT2D eigenvalue weighted by Crippen LogP contribution is 2.29. The van der Waals surface area contributed by atoms with Crippen LogP contribution in [-0.4, -0.2) is 35.8 Å². The third-order valence-corrected chi connectivity index (χ3v) is 6.06. The molecule has 25 heavy (non-hydrogen) atoms. The lowest BCUT2D eigenvalue weighted by atomic mass is 9.99. The number of nitrogen functional groups attached to an aromatic ring is 1. The van der Waals surface area contributed by atoms with Gasteiger partial charge in [-0.3, -0.25) is 0 Å². The van der Waals surface area contributed by atoms with Gasteiger partial charge in [0.25, 0.3) is 0 Å². The largest absolute Gasteiger partial charge is 0.368 e. The van der Waals surface area contributed by atoms with Gasteiger partial charge in [0.05, 0.1) is 11.0 Å². The van der Waals surface area contributed by atoms with E-state index in [1.807, 2.05) is 41.4 Å². The molecule has 3 rings (SSSR count). The zero-order valence-corrected chi connectivity index (χ0v) is 16.1. The van der Waals surface area contributed by atoms with Gasteiger partial charge in [-0.05, 0) is 33.8 Å². The molecule has 0 aliphatic heterocycles. The molecule has 2 N–H and O–H groups in total. The van der Waals surface area contributed by atoms with Crippen molar-refractivity contribution >= 4 is 48.7 Å². The first kappa shape index (κ1) is 17.7. The van der Waals surface area contributed by atoms with Crippen molar-refractivity contribution in [1.29, 1.82) is 0 Å². The zero-order valence-electron chi connectivity index (χ0n) is 13.7. The van der Waals surface area contributed by atoms with Gasteiger partial charge in [-0.15, -0.1) is 0 Å². The first-order chi connectivity index (χ1) is 11.9. The van der Waals surface area contributed by atoms with E-state index in [2.05, 4.69) is 20.9 Å². The number of fused-ring (bicyclic) bond motifs is 1. The van der Waals surface area contributed by atoms with E-state index in [9.17, 15) is 8.42 Å². The highest BCUT2D eigenvalue weighted by atomic mass is 79.9. The van der Waals surface area contributed by atoms with Crippen molar-refractivity contribution in [2.45, 2.75) is 0 Å². The fourth-order valence-electron chi connectivity index (χ4n) is 2.56. The van der Waals surface area contributed by atoms with E-state index >= 15 is 0 Å². The maximum atomic E-state index is 12.6. The van der Waals surface area contributed by atoms with Crippen molar-refractivity contribution in [3.05, 3.63) is 64.6 Å². The van der Waals surface area contributed by atoms with E-state index in [0.717, 1.165) is 25.0 Å². The molecular weight excluding hydrogens is 404 g/mol. The van der Waals surface area contributed by atoms with Crippen LogP contribution in [0.3, 0.4) is 0 Å². The summed E-state index contributed by atoms with van der Waals surface area (Å²) >= 11 is 3.40. The number of anilines is 1. The number of benzene rings is 2. The van der Waals surface area contributed by atoms with Gasteiger partial charge in [0, 0.05) is 14.1 Å². The molecule has 0 aliphatic rings. The monoisotopic (exact) mass is 420 g/mol. The molecule has 0 fully saturated rings. The Hall–Kier alpha value is -2.16. The molecule has 0 bridgehead atoms. The number of nitrogens with two attached hydrogens (primary N) is 1. The molecule has 1 aromatic heterocycles. The molecule has 0 amide bonds. The SMILES string of the molecule is CN(C)S(=O)(=O)n1c(N)nc2ccc(/C(=C/Br)c3ccccc3)cc21. The van der Waals surface area contributed by atoms with E-state index < -0.39 is 10.2 Å². The highest BCUT2D eigenvalue weighted by molar-refractivity contribution is 9.11. The molecule has 3 aromatic rings. The number of rotatable bonds is 4. The standard InChI is InChI=1S/C17H17BrN4O2S/c1-21(2)25(23,24)22-16-10-13(8-9-15(16)20-17(22)19)14(11-18)12-6-4-3-5-7-12/h3-11H,1-2H3,(H2,19,20)/b14-11+. The number of hydrogen-bond acceptors (Lipinski definition) is 4. The second-order valence-electron chi connectivity index (χ2n) is 5.62. The van der Waals surface area contributed by atoms with E-state index in [1.165, 1.54) is 14.1 Å². The third-order valence-electron chi connectivity index (χ3n) is 3.83. The van der Waals surface area contributed by atoms with Crippen LogP contribution >= 0.6 is 15.9 Å². The second-order valence-corrected chi connectivity index (χ2v) is 8.07. The Balaban J connectivity index is 2.24. The quantitative estimate of drug-likeness (QED) is 0.702. The zero-order chi connectivity index (χ0) is 18.2. The molecule has 0 radical (unpaired) electrons.